The molecule has 184 valence electrons. The van der Waals surface area contributed by atoms with Gasteiger partial charge in [-0.25, -0.2) is 4.39 Å². The van der Waals surface area contributed by atoms with Gasteiger partial charge in [-0.3, -0.25) is 9.69 Å². The fourth-order valence-electron chi connectivity index (χ4n) is 5.30. The Bertz CT molecular complexity index is 996. The molecule has 3 N–H and O–H groups in total. The Hall–Kier alpha value is -2.35. The Morgan fingerprint density at radius 3 is 2.59 bits per heavy atom. The summed E-state index contributed by atoms with van der Waals surface area (Å²) in [5.74, 6) is -0.670. The molecule has 1 saturated heterocycles. The van der Waals surface area contributed by atoms with Gasteiger partial charge in [0.2, 0.25) is 0 Å². The maximum Gasteiger partial charge on any atom is 0.320 e. The highest BCUT2D eigenvalue weighted by Gasteiger charge is 2.38. The van der Waals surface area contributed by atoms with Crippen LogP contribution in [0, 0.1) is 11.7 Å². The lowest BCUT2D eigenvalue weighted by atomic mass is 9.72. The van der Waals surface area contributed by atoms with Gasteiger partial charge in [-0.1, -0.05) is 41.9 Å². The van der Waals surface area contributed by atoms with Crippen LogP contribution in [0.2, 0.25) is 5.02 Å². The van der Waals surface area contributed by atoms with Crippen LogP contribution in [0.15, 0.2) is 42.5 Å². The largest absolute Gasteiger partial charge is 0.487 e. The van der Waals surface area contributed by atoms with E-state index < -0.39 is 17.8 Å². The minimum atomic E-state index is -0.920. The van der Waals surface area contributed by atoms with Gasteiger partial charge in [0.15, 0.2) is 0 Å². The Morgan fingerprint density at radius 1 is 1.26 bits per heavy atom. The van der Waals surface area contributed by atoms with Crippen LogP contribution < -0.4 is 15.4 Å². The first-order chi connectivity index (χ1) is 16.3. The minimum absolute atomic E-state index is 0.0401. The number of aliphatic carboxylic acids is 1. The van der Waals surface area contributed by atoms with Gasteiger partial charge in [-0.2, -0.15) is 0 Å². The van der Waals surface area contributed by atoms with Crippen LogP contribution in [-0.4, -0.2) is 55.3 Å². The molecule has 0 spiro atoms. The van der Waals surface area contributed by atoms with E-state index >= 15 is 0 Å². The number of benzene rings is 2. The number of halogens is 2. The summed E-state index contributed by atoms with van der Waals surface area (Å²) in [6.07, 6.45) is 4.16. The Kier molecular flexibility index (Phi) is 7.65. The van der Waals surface area contributed by atoms with E-state index in [4.69, 9.17) is 21.4 Å². The first kappa shape index (κ1) is 24.8. The van der Waals surface area contributed by atoms with Crippen LogP contribution in [0.1, 0.15) is 37.7 Å². The van der Waals surface area contributed by atoms with E-state index in [2.05, 4.69) is 60.0 Å². The van der Waals surface area contributed by atoms with Crippen LogP contribution in [0.3, 0.4) is 0 Å². The van der Waals surface area contributed by atoms with E-state index in [1.807, 2.05) is 0 Å². The normalized spacial score (nSPS) is 27.0. The second-order valence-corrected chi connectivity index (χ2v) is 10.0. The summed E-state index contributed by atoms with van der Waals surface area (Å²) < 4.78 is 20.2. The monoisotopic (exact) mass is 489 g/mol. The molecular formula is C26H33ClFN3O3. The molecule has 8 heteroatoms. The average Bonchev–Trinajstić information content (AvgIpc) is 3.30. The van der Waals surface area contributed by atoms with Crippen LogP contribution in [0.25, 0.3) is 0 Å². The Balaban J connectivity index is 1.37. The molecule has 6 nitrogen and oxygen atoms in total. The van der Waals surface area contributed by atoms with E-state index in [9.17, 15) is 9.18 Å². The molecule has 1 heterocycles. The SMILES string of the molecule is CN(C)C1(c2ccccc2)CCC(CNc2cc(F)cc(O[C@@H]3CN[C@H](C(=O)O)C3)c2Cl)CC1. The maximum atomic E-state index is 14.3. The van der Waals surface area contributed by atoms with Crippen molar-refractivity contribution in [1.82, 2.24) is 10.2 Å². The number of carboxylic acids is 1. The Morgan fingerprint density at radius 2 is 1.97 bits per heavy atom. The number of ether oxygens (including phenoxy) is 1. The summed E-state index contributed by atoms with van der Waals surface area (Å²) in [6, 6.07) is 12.7. The number of hydrogen-bond donors (Lipinski definition) is 3. The molecule has 0 aromatic heterocycles. The van der Waals surface area contributed by atoms with Gasteiger partial charge in [0.25, 0.3) is 0 Å². The maximum absolute atomic E-state index is 14.3. The number of hydrogen-bond acceptors (Lipinski definition) is 5. The molecule has 2 atom stereocenters. The third kappa shape index (κ3) is 5.32. The average molecular weight is 490 g/mol. The van der Waals surface area contributed by atoms with Gasteiger partial charge in [0, 0.05) is 31.1 Å². The molecule has 1 aliphatic heterocycles. The third-order valence-corrected chi connectivity index (χ3v) is 7.76. The summed E-state index contributed by atoms with van der Waals surface area (Å²) in [4.78, 5) is 13.5. The first-order valence-corrected chi connectivity index (χ1v) is 12.2. The summed E-state index contributed by atoms with van der Waals surface area (Å²) in [5.41, 5.74) is 1.90. The lowest BCUT2D eigenvalue weighted by Gasteiger charge is -2.45. The van der Waals surface area contributed by atoms with Gasteiger partial charge in [-0.15, -0.1) is 0 Å². The van der Waals surface area contributed by atoms with Gasteiger partial charge in [0.05, 0.1) is 5.69 Å². The number of carboxylic acid groups (broad SMARTS) is 1. The molecule has 2 aromatic rings. The lowest BCUT2D eigenvalue weighted by Crippen LogP contribution is -2.45. The Labute approximate surface area is 205 Å². The molecular weight excluding hydrogens is 457 g/mol. The summed E-state index contributed by atoms with van der Waals surface area (Å²) >= 11 is 6.55. The van der Waals surface area contributed by atoms with Crippen molar-refractivity contribution in [3.05, 3.63) is 58.9 Å². The van der Waals surface area contributed by atoms with Crippen molar-refractivity contribution in [1.29, 1.82) is 0 Å². The predicted molar refractivity (Wildman–Crippen MR) is 132 cm³/mol. The highest BCUT2D eigenvalue weighted by atomic mass is 35.5. The highest BCUT2D eigenvalue weighted by molar-refractivity contribution is 6.34. The topological polar surface area (TPSA) is 73.8 Å². The molecule has 4 rings (SSSR count). The standard InChI is InChI=1S/C26H33ClFN3O3/c1-31(2)26(18-6-4-3-5-7-18)10-8-17(9-11-26)15-29-21-12-19(28)13-23(24(21)27)34-20-14-22(25(32)33)30-16-20/h3-7,12-13,17,20,22,29-30H,8-11,14-16H2,1-2H3,(H,32,33)/t17?,20-,22-,26?/m0/s1. The van der Waals surface area contributed by atoms with Crippen molar-refractivity contribution in [3.8, 4) is 5.75 Å². The van der Waals surface area contributed by atoms with Gasteiger partial charge >= 0.3 is 5.97 Å². The predicted octanol–water partition coefficient (Wildman–Crippen LogP) is 4.73. The second kappa shape index (κ2) is 10.5. The molecule has 2 fully saturated rings. The quantitative estimate of drug-likeness (QED) is 0.497. The number of nitrogens with zero attached hydrogens (tertiary/aromatic N) is 1. The molecule has 34 heavy (non-hydrogen) atoms. The summed E-state index contributed by atoms with van der Waals surface area (Å²) in [6.45, 7) is 1.08. The van der Waals surface area contributed by atoms with Crippen LogP contribution in [-0.2, 0) is 10.3 Å². The smallest absolute Gasteiger partial charge is 0.320 e. The van der Waals surface area contributed by atoms with Crippen LogP contribution in [0.4, 0.5) is 10.1 Å². The minimum Gasteiger partial charge on any atom is -0.487 e. The summed E-state index contributed by atoms with van der Waals surface area (Å²) in [7, 11) is 4.30. The van der Waals surface area contributed by atoms with E-state index in [0.717, 1.165) is 25.7 Å². The fourth-order valence-corrected chi connectivity index (χ4v) is 5.52. The van der Waals surface area contributed by atoms with Crippen LogP contribution >= 0.6 is 11.6 Å². The van der Waals surface area contributed by atoms with Crippen molar-refractivity contribution in [2.45, 2.75) is 49.8 Å². The molecule has 0 bridgehead atoms. The molecule has 0 unspecified atom stereocenters. The zero-order valence-electron chi connectivity index (χ0n) is 19.7. The second-order valence-electron chi connectivity index (χ2n) is 9.66. The van der Waals surface area contributed by atoms with Crippen molar-refractivity contribution in [3.63, 3.8) is 0 Å². The van der Waals surface area contributed by atoms with Crippen molar-refractivity contribution in [2.24, 2.45) is 5.92 Å². The zero-order chi connectivity index (χ0) is 24.3. The van der Waals surface area contributed by atoms with Gasteiger partial charge in [0.1, 0.15) is 28.7 Å². The lowest BCUT2D eigenvalue weighted by molar-refractivity contribution is -0.139. The molecule has 0 amide bonds. The van der Waals surface area contributed by atoms with E-state index in [-0.39, 0.29) is 17.4 Å². The van der Waals surface area contributed by atoms with E-state index in [1.165, 1.54) is 17.7 Å². The number of rotatable bonds is 8. The number of nitrogens with one attached hydrogen (secondary N) is 2. The third-order valence-electron chi connectivity index (χ3n) is 7.37. The van der Waals surface area contributed by atoms with Crippen molar-refractivity contribution < 1.29 is 19.0 Å². The first-order valence-electron chi connectivity index (χ1n) is 11.9. The molecule has 1 aliphatic carbocycles. The molecule has 0 radical (unpaired) electrons. The fraction of sp³-hybridized carbons (Fsp3) is 0.500. The van der Waals surface area contributed by atoms with Gasteiger partial charge < -0.3 is 20.5 Å². The van der Waals surface area contributed by atoms with E-state index in [0.29, 0.717) is 36.1 Å². The van der Waals surface area contributed by atoms with Crippen LogP contribution in [0.5, 0.6) is 5.75 Å². The zero-order valence-corrected chi connectivity index (χ0v) is 20.4. The van der Waals surface area contributed by atoms with Gasteiger partial charge in [-0.05, 0) is 57.3 Å². The highest BCUT2D eigenvalue weighted by Crippen LogP contribution is 2.43. The van der Waals surface area contributed by atoms with Crippen molar-refractivity contribution in [2.75, 3.05) is 32.5 Å². The molecule has 2 aromatic carbocycles. The number of carbonyl (C=O) groups is 1. The molecule has 2 aliphatic rings. The van der Waals surface area contributed by atoms with Crippen molar-refractivity contribution >= 4 is 23.3 Å². The van der Waals surface area contributed by atoms with E-state index in [1.54, 1.807) is 0 Å². The number of anilines is 1. The molecule has 1 saturated carbocycles. The summed E-state index contributed by atoms with van der Waals surface area (Å²) in [5, 5.41) is 15.7.